The zero-order chi connectivity index (χ0) is 21.6. The van der Waals surface area contributed by atoms with Gasteiger partial charge in [0.2, 0.25) is 0 Å². The Balaban J connectivity index is 2.25. The van der Waals surface area contributed by atoms with Crippen LogP contribution < -0.4 is 10.2 Å². The highest BCUT2D eigenvalue weighted by Gasteiger charge is 2.30. The Morgan fingerprint density at radius 2 is 1.97 bits per heavy atom. The van der Waals surface area contributed by atoms with Crippen LogP contribution in [0.5, 0.6) is 0 Å². The molecule has 10 heteroatoms. The molecule has 0 aliphatic rings. The van der Waals surface area contributed by atoms with Gasteiger partial charge >= 0.3 is 6.09 Å². The van der Waals surface area contributed by atoms with Crippen LogP contribution in [0.25, 0.3) is 0 Å². The molecule has 0 aliphatic carbocycles. The lowest BCUT2D eigenvalue weighted by Gasteiger charge is -2.27. The molecule has 0 unspecified atom stereocenters. The maximum atomic E-state index is 13.2. The number of carboxylic acid groups (broad SMARTS) is 1. The minimum absolute atomic E-state index is 0.000256. The lowest BCUT2D eigenvalue weighted by Crippen LogP contribution is -2.51. The number of hydrogen-bond acceptors (Lipinski definition) is 6. The van der Waals surface area contributed by atoms with E-state index < -0.39 is 17.1 Å². The molecule has 29 heavy (non-hydrogen) atoms. The lowest BCUT2D eigenvalue weighted by molar-refractivity contribution is -0.384. The number of carbonyl (C=O) groups excluding carboxylic acids is 1. The normalized spacial score (nSPS) is 11.9. The Morgan fingerprint density at radius 1 is 1.31 bits per heavy atom. The minimum atomic E-state index is -1.26. The molecule has 0 aliphatic heterocycles. The minimum Gasteiger partial charge on any atom is -0.465 e. The van der Waals surface area contributed by atoms with Crippen LogP contribution in [0.15, 0.2) is 29.6 Å². The van der Waals surface area contributed by atoms with Gasteiger partial charge in [-0.1, -0.05) is 32.9 Å². The maximum absolute atomic E-state index is 13.2. The molecule has 2 aromatic rings. The molecule has 0 saturated carbocycles. The first-order valence-electron chi connectivity index (χ1n) is 9.21. The second kappa shape index (κ2) is 9.97. The second-order valence-corrected chi connectivity index (χ2v) is 7.65. The number of hydrogen-bond donors (Lipinski definition) is 2. The second-order valence-electron chi connectivity index (χ2n) is 6.81. The van der Waals surface area contributed by atoms with Crippen molar-refractivity contribution in [1.29, 1.82) is 0 Å². The van der Waals surface area contributed by atoms with Gasteiger partial charge in [0, 0.05) is 24.1 Å². The monoisotopic (exact) mass is 420 g/mol. The summed E-state index contributed by atoms with van der Waals surface area (Å²) < 4.78 is 0. The Labute approximate surface area is 172 Å². The van der Waals surface area contributed by atoms with Gasteiger partial charge in [-0.05, 0) is 24.3 Å². The molecule has 2 amide bonds. The number of nitro groups is 1. The molecule has 0 radical (unpaired) electrons. The number of anilines is 1. The lowest BCUT2D eigenvalue weighted by atomic mass is 10.0. The van der Waals surface area contributed by atoms with E-state index in [4.69, 9.17) is 5.11 Å². The average Bonchev–Trinajstić information content (AvgIpc) is 3.15. The van der Waals surface area contributed by atoms with Crippen molar-refractivity contribution in [2.24, 2.45) is 5.92 Å². The van der Waals surface area contributed by atoms with E-state index in [1.165, 1.54) is 28.4 Å². The van der Waals surface area contributed by atoms with E-state index in [2.05, 4.69) is 10.3 Å². The number of non-ortho nitro benzene ring substituents is 1. The summed E-state index contributed by atoms with van der Waals surface area (Å²) in [6, 6.07) is 5.23. The van der Waals surface area contributed by atoms with E-state index >= 15 is 0 Å². The zero-order valence-electron chi connectivity index (χ0n) is 16.5. The summed E-state index contributed by atoms with van der Waals surface area (Å²) in [7, 11) is 0. The number of carbonyl (C=O) groups is 2. The van der Waals surface area contributed by atoms with Gasteiger partial charge in [0.25, 0.3) is 11.6 Å². The summed E-state index contributed by atoms with van der Waals surface area (Å²) in [5, 5.41) is 24.6. The van der Waals surface area contributed by atoms with Gasteiger partial charge in [-0.25, -0.2) is 9.78 Å². The molecule has 0 fully saturated rings. The number of amides is 2. The first kappa shape index (κ1) is 22.3. The summed E-state index contributed by atoms with van der Waals surface area (Å²) >= 11 is 1.33. The van der Waals surface area contributed by atoms with Crippen molar-refractivity contribution >= 4 is 34.2 Å². The highest BCUT2D eigenvalue weighted by molar-refractivity contribution is 7.14. The van der Waals surface area contributed by atoms with Crippen LogP contribution in [-0.2, 0) is 17.6 Å². The number of benzene rings is 1. The molecule has 0 bridgehead atoms. The average molecular weight is 420 g/mol. The molecule has 1 aromatic heterocycles. The van der Waals surface area contributed by atoms with E-state index in [1.807, 2.05) is 12.3 Å². The molecule has 156 valence electrons. The van der Waals surface area contributed by atoms with Crippen LogP contribution in [0.1, 0.15) is 32.0 Å². The summed E-state index contributed by atoms with van der Waals surface area (Å²) in [5.74, 6) is -0.618. The van der Waals surface area contributed by atoms with Crippen molar-refractivity contribution in [1.82, 2.24) is 10.3 Å². The fourth-order valence-corrected chi connectivity index (χ4v) is 3.66. The number of aryl methyl sites for hydroxylation is 1. The molecule has 1 heterocycles. The van der Waals surface area contributed by atoms with E-state index in [1.54, 1.807) is 26.0 Å². The summed E-state index contributed by atoms with van der Waals surface area (Å²) in [5.41, 5.74) is 1.68. The quantitative estimate of drug-likeness (QED) is 0.472. The molecule has 2 rings (SSSR count). The molecule has 0 saturated heterocycles. The van der Waals surface area contributed by atoms with Crippen molar-refractivity contribution in [2.45, 2.75) is 39.7 Å². The van der Waals surface area contributed by atoms with Crippen LogP contribution in [0, 0.1) is 16.0 Å². The van der Waals surface area contributed by atoms with Gasteiger partial charge < -0.3 is 10.4 Å². The van der Waals surface area contributed by atoms with Gasteiger partial charge in [-0.15, -0.1) is 11.3 Å². The summed E-state index contributed by atoms with van der Waals surface area (Å²) in [6.45, 7) is 5.78. The molecule has 1 atom stereocenters. The fourth-order valence-electron chi connectivity index (χ4n) is 2.72. The Hall–Kier alpha value is -3.01. The van der Waals surface area contributed by atoms with Gasteiger partial charge in [-0.2, -0.15) is 0 Å². The van der Waals surface area contributed by atoms with Crippen LogP contribution >= 0.6 is 11.3 Å². The Kier molecular flexibility index (Phi) is 7.66. The number of aromatic nitrogens is 1. The molecule has 9 nitrogen and oxygen atoms in total. The van der Waals surface area contributed by atoms with Gasteiger partial charge in [0.1, 0.15) is 6.04 Å². The Bertz CT molecular complexity index is 866. The predicted octanol–water partition coefficient (Wildman–Crippen LogP) is 3.48. The van der Waals surface area contributed by atoms with E-state index in [-0.39, 0.29) is 24.1 Å². The Morgan fingerprint density at radius 3 is 2.45 bits per heavy atom. The van der Waals surface area contributed by atoms with Crippen LogP contribution in [-0.4, -0.2) is 39.6 Å². The smallest absolute Gasteiger partial charge is 0.405 e. The maximum Gasteiger partial charge on any atom is 0.405 e. The first-order valence-corrected chi connectivity index (χ1v) is 10.1. The van der Waals surface area contributed by atoms with Crippen molar-refractivity contribution in [2.75, 3.05) is 11.4 Å². The van der Waals surface area contributed by atoms with E-state index in [0.29, 0.717) is 11.6 Å². The SMILES string of the molecule is CCc1csc(N(CCc2ccc([N+](=O)[O-])cc2)C(=O)[C@@H](NC(=O)O)C(C)C)n1. The van der Waals surface area contributed by atoms with Crippen molar-refractivity contribution < 1.29 is 19.6 Å². The van der Waals surface area contributed by atoms with Crippen LogP contribution in [0.2, 0.25) is 0 Å². The summed E-state index contributed by atoms with van der Waals surface area (Å²) in [4.78, 5) is 40.6. The fraction of sp³-hybridized carbons (Fsp3) is 0.421. The predicted molar refractivity (Wildman–Crippen MR) is 110 cm³/mol. The van der Waals surface area contributed by atoms with Crippen molar-refractivity contribution in [3.8, 4) is 0 Å². The van der Waals surface area contributed by atoms with E-state index in [0.717, 1.165) is 17.7 Å². The molecule has 0 spiro atoms. The molecule has 1 aromatic carbocycles. The number of nitro benzene ring substituents is 1. The van der Waals surface area contributed by atoms with E-state index in [9.17, 15) is 19.7 Å². The highest BCUT2D eigenvalue weighted by atomic mass is 32.1. The highest BCUT2D eigenvalue weighted by Crippen LogP contribution is 2.24. The standard InChI is InChI=1S/C19H24N4O5S/c1-4-14-11-29-18(20-14)22(17(24)16(12(2)3)21-19(25)26)10-9-13-5-7-15(8-6-13)23(27)28/h5-8,11-12,16,21H,4,9-10H2,1-3H3,(H,25,26)/t16-/m0/s1. The number of rotatable bonds is 9. The summed E-state index contributed by atoms with van der Waals surface area (Å²) in [6.07, 6.45) is -0.0920. The third-order valence-electron chi connectivity index (χ3n) is 4.38. The van der Waals surface area contributed by atoms with Gasteiger partial charge in [0.05, 0.1) is 10.6 Å². The number of nitrogens with one attached hydrogen (secondary N) is 1. The molecule has 2 N–H and O–H groups in total. The van der Waals surface area contributed by atoms with Crippen LogP contribution in [0.3, 0.4) is 0 Å². The van der Waals surface area contributed by atoms with Crippen molar-refractivity contribution in [3.63, 3.8) is 0 Å². The number of nitrogens with zero attached hydrogens (tertiary/aromatic N) is 3. The van der Waals surface area contributed by atoms with Gasteiger partial charge in [-0.3, -0.25) is 19.8 Å². The zero-order valence-corrected chi connectivity index (χ0v) is 17.3. The third kappa shape index (κ3) is 5.98. The largest absolute Gasteiger partial charge is 0.465 e. The van der Waals surface area contributed by atoms with Crippen molar-refractivity contribution in [3.05, 3.63) is 51.0 Å². The number of thiazole rings is 1. The topological polar surface area (TPSA) is 126 Å². The van der Waals surface area contributed by atoms with Crippen LogP contribution in [0.4, 0.5) is 15.6 Å². The molecular formula is C19H24N4O5S. The molecular weight excluding hydrogens is 396 g/mol. The third-order valence-corrected chi connectivity index (χ3v) is 5.29. The van der Waals surface area contributed by atoms with Gasteiger partial charge in [0.15, 0.2) is 5.13 Å². The first-order chi connectivity index (χ1) is 13.7.